The zero-order valence-corrected chi connectivity index (χ0v) is 11.8. The minimum Gasteiger partial charge on any atom is -0.463 e. The van der Waals surface area contributed by atoms with Crippen LogP contribution in [-0.2, 0) is 4.74 Å². The number of carbonyl (C=O) groups is 1. The van der Waals surface area contributed by atoms with Crippen LogP contribution in [0.4, 0.5) is 0 Å². The molecule has 3 heteroatoms. The van der Waals surface area contributed by atoms with Crippen molar-refractivity contribution in [3.63, 3.8) is 0 Å². The van der Waals surface area contributed by atoms with Crippen LogP contribution in [-0.4, -0.2) is 19.8 Å². The summed E-state index contributed by atoms with van der Waals surface area (Å²) in [7, 11) is -1.45. The largest absolute Gasteiger partial charge is 0.463 e. The summed E-state index contributed by atoms with van der Waals surface area (Å²) >= 11 is 0. The summed E-state index contributed by atoms with van der Waals surface area (Å²) in [6.45, 7) is 8.48. The predicted molar refractivity (Wildman–Crippen MR) is 72.6 cm³/mol. The number of rotatable bonds is 3. The molecule has 1 rings (SSSR count). The van der Waals surface area contributed by atoms with Gasteiger partial charge in [-0.25, -0.2) is 4.79 Å². The van der Waals surface area contributed by atoms with Crippen LogP contribution in [0.15, 0.2) is 24.3 Å². The second kappa shape index (κ2) is 5.20. The number of hydrogen-bond acceptors (Lipinski definition) is 2. The second-order valence-electron chi connectivity index (χ2n) is 5.14. The quantitative estimate of drug-likeness (QED) is 0.465. The summed E-state index contributed by atoms with van der Waals surface area (Å²) in [5, 5.41) is 0. The van der Waals surface area contributed by atoms with E-state index in [1.807, 2.05) is 6.92 Å². The number of ether oxygens (including phenoxy) is 1. The van der Waals surface area contributed by atoms with Gasteiger partial charge in [-0.2, -0.15) is 0 Å². The molecule has 0 bridgehead atoms. The van der Waals surface area contributed by atoms with Crippen LogP contribution < -0.4 is 0 Å². The Balaban J connectivity index is 2.74. The molecule has 2 nitrogen and oxygen atoms in total. The Bertz CT molecular complexity index is 435. The average molecular weight is 246 g/mol. The van der Waals surface area contributed by atoms with E-state index in [0.717, 1.165) is 5.56 Å². The standard InChI is InChI=1S/C14H18O2Si/c1-6-12-7-9-13(10-8-12)14(15)16-11(2)17(3,4)5/h1,7-11H,2-5H3. The molecule has 1 aromatic carbocycles. The highest BCUT2D eigenvalue weighted by atomic mass is 28.3. The van der Waals surface area contributed by atoms with E-state index in [0.29, 0.717) is 5.56 Å². The van der Waals surface area contributed by atoms with Crippen LogP contribution in [0.1, 0.15) is 22.8 Å². The maximum Gasteiger partial charge on any atom is 0.338 e. The van der Waals surface area contributed by atoms with Gasteiger partial charge < -0.3 is 4.74 Å². The molecule has 1 aromatic rings. The Morgan fingerprint density at radius 1 is 1.29 bits per heavy atom. The van der Waals surface area contributed by atoms with Gasteiger partial charge in [0.1, 0.15) is 0 Å². The van der Waals surface area contributed by atoms with Gasteiger partial charge in [0.2, 0.25) is 0 Å². The van der Waals surface area contributed by atoms with Crippen LogP contribution in [0.5, 0.6) is 0 Å². The molecule has 0 aliphatic rings. The van der Waals surface area contributed by atoms with Crippen LogP contribution in [0.3, 0.4) is 0 Å². The molecule has 0 aliphatic heterocycles. The van der Waals surface area contributed by atoms with Gasteiger partial charge in [0.25, 0.3) is 0 Å². The van der Waals surface area contributed by atoms with Crippen LogP contribution in [0, 0.1) is 12.3 Å². The van der Waals surface area contributed by atoms with E-state index in [1.54, 1.807) is 24.3 Å². The van der Waals surface area contributed by atoms with Crippen molar-refractivity contribution < 1.29 is 9.53 Å². The van der Waals surface area contributed by atoms with E-state index in [4.69, 9.17) is 11.2 Å². The van der Waals surface area contributed by atoms with Gasteiger partial charge >= 0.3 is 5.97 Å². The Morgan fingerprint density at radius 3 is 2.24 bits per heavy atom. The first kappa shape index (κ1) is 13.5. The van der Waals surface area contributed by atoms with E-state index in [9.17, 15) is 4.79 Å². The first-order valence-electron chi connectivity index (χ1n) is 5.62. The molecule has 0 aromatic heterocycles. The van der Waals surface area contributed by atoms with Gasteiger partial charge in [-0.3, -0.25) is 0 Å². The highest BCUT2D eigenvalue weighted by Gasteiger charge is 2.26. The first-order valence-corrected chi connectivity index (χ1v) is 9.20. The lowest BCUT2D eigenvalue weighted by molar-refractivity contribution is 0.0455. The lowest BCUT2D eigenvalue weighted by Crippen LogP contribution is -2.39. The van der Waals surface area contributed by atoms with Gasteiger partial charge in [0, 0.05) is 5.56 Å². The number of terminal acetylenes is 1. The molecule has 0 spiro atoms. The zero-order chi connectivity index (χ0) is 13.1. The molecule has 0 amide bonds. The van der Waals surface area contributed by atoms with E-state index in [-0.39, 0.29) is 11.7 Å². The lowest BCUT2D eigenvalue weighted by Gasteiger charge is -2.24. The van der Waals surface area contributed by atoms with Crippen molar-refractivity contribution in [3.8, 4) is 12.3 Å². The lowest BCUT2D eigenvalue weighted by atomic mass is 10.1. The maximum absolute atomic E-state index is 11.8. The summed E-state index contributed by atoms with van der Waals surface area (Å²) < 4.78 is 5.45. The van der Waals surface area contributed by atoms with E-state index < -0.39 is 8.07 Å². The SMILES string of the molecule is C#Cc1ccc(C(=O)OC(C)[Si](C)(C)C)cc1. The third-order valence-corrected chi connectivity index (χ3v) is 5.35. The van der Waals surface area contributed by atoms with Crippen LogP contribution in [0.25, 0.3) is 0 Å². The molecule has 1 unspecified atom stereocenters. The fraction of sp³-hybridized carbons (Fsp3) is 0.357. The summed E-state index contributed by atoms with van der Waals surface area (Å²) in [4.78, 5) is 11.8. The fourth-order valence-electron chi connectivity index (χ4n) is 1.11. The zero-order valence-electron chi connectivity index (χ0n) is 10.8. The van der Waals surface area contributed by atoms with E-state index in [1.165, 1.54) is 0 Å². The van der Waals surface area contributed by atoms with E-state index in [2.05, 4.69) is 25.6 Å². The molecule has 90 valence electrons. The molecule has 0 aliphatic carbocycles. The molecule has 17 heavy (non-hydrogen) atoms. The molecular formula is C14H18O2Si. The minimum atomic E-state index is -1.45. The van der Waals surface area contributed by atoms with Gasteiger partial charge in [-0.05, 0) is 31.2 Å². The Kier molecular flexibility index (Phi) is 4.14. The Morgan fingerprint density at radius 2 is 1.82 bits per heavy atom. The number of benzene rings is 1. The van der Waals surface area contributed by atoms with Crippen LogP contribution >= 0.6 is 0 Å². The summed E-state index contributed by atoms with van der Waals surface area (Å²) in [6, 6.07) is 6.90. The third kappa shape index (κ3) is 3.76. The summed E-state index contributed by atoms with van der Waals surface area (Å²) in [5.41, 5.74) is 1.32. The fourth-order valence-corrected chi connectivity index (χ4v) is 1.57. The molecule has 0 N–H and O–H groups in total. The molecule has 0 saturated carbocycles. The second-order valence-corrected chi connectivity index (χ2v) is 10.7. The predicted octanol–water partition coefficient (Wildman–Crippen LogP) is 3.09. The van der Waals surface area contributed by atoms with Crippen molar-refractivity contribution in [2.45, 2.75) is 32.3 Å². The van der Waals surface area contributed by atoms with Crippen molar-refractivity contribution in [1.29, 1.82) is 0 Å². The number of carbonyl (C=O) groups excluding carboxylic acids is 1. The number of hydrogen-bond donors (Lipinski definition) is 0. The molecular weight excluding hydrogens is 228 g/mol. The highest BCUT2D eigenvalue weighted by Crippen LogP contribution is 2.14. The van der Waals surface area contributed by atoms with Gasteiger partial charge in [-0.1, -0.05) is 25.6 Å². The molecule has 0 heterocycles. The van der Waals surface area contributed by atoms with Crippen molar-refractivity contribution in [2.24, 2.45) is 0 Å². The van der Waals surface area contributed by atoms with Crippen molar-refractivity contribution >= 4 is 14.0 Å². The maximum atomic E-state index is 11.8. The third-order valence-electron chi connectivity index (χ3n) is 2.79. The van der Waals surface area contributed by atoms with Gasteiger partial charge in [-0.15, -0.1) is 6.42 Å². The Hall–Kier alpha value is -1.53. The van der Waals surface area contributed by atoms with Crippen molar-refractivity contribution in [3.05, 3.63) is 35.4 Å². The highest BCUT2D eigenvalue weighted by molar-refractivity contribution is 6.77. The Labute approximate surface area is 104 Å². The summed E-state index contributed by atoms with van der Waals surface area (Å²) in [6.07, 6.45) is 5.25. The minimum absolute atomic E-state index is 0.00214. The molecule has 0 fully saturated rings. The van der Waals surface area contributed by atoms with Crippen molar-refractivity contribution in [2.75, 3.05) is 0 Å². The first-order chi connectivity index (χ1) is 7.84. The van der Waals surface area contributed by atoms with E-state index >= 15 is 0 Å². The number of esters is 1. The van der Waals surface area contributed by atoms with Gasteiger partial charge in [0.05, 0.1) is 19.4 Å². The van der Waals surface area contributed by atoms with Crippen LogP contribution in [0.2, 0.25) is 19.6 Å². The smallest absolute Gasteiger partial charge is 0.338 e. The monoisotopic (exact) mass is 246 g/mol. The normalized spacial score (nSPS) is 12.6. The molecule has 1 atom stereocenters. The molecule has 0 saturated heterocycles. The summed E-state index contributed by atoms with van der Waals surface area (Å²) in [5.74, 6) is 2.24. The average Bonchev–Trinajstić information content (AvgIpc) is 2.27. The van der Waals surface area contributed by atoms with Gasteiger partial charge in [0.15, 0.2) is 0 Å². The van der Waals surface area contributed by atoms with Crippen molar-refractivity contribution in [1.82, 2.24) is 0 Å². The molecule has 0 radical (unpaired) electrons. The topological polar surface area (TPSA) is 26.3 Å².